The first-order chi connectivity index (χ1) is 16.4. The molecule has 0 aliphatic carbocycles. The van der Waals surface area contributed by atoms with Crippen molar-refractivity contribution in [2.45, 2.75) is 19.8 Å². The fraction of sp³-hybridized carbons (Fsp3) is 0.174. The van der Waals surface area contributed by atoms with Gasteiger partial charge < -0.3 is 9.94 Å². The van der Waals surface area contributed by atoms with Gasteiger partial charge in [-0.15, -0.1) is 9.24 Å². The fourth-order valence-corrected chi connectivity index (χ4v) is 3.94. The minimum absolute atomic E-state index is 0.0751. The Morgan fingerprint density at radius 1 is 1.23 bits per heavy atom. The van der Waals surface area contributed by atoms with Gasteiger partial charge in [-0.1, -0.05) is 52.1 Å². The first-order valence-corrected chi connectivity index (χ1v) is 11.5. The maximum Gasteiger partial charge on any atom is 0.339 e. The molecule has 1 N–H and O–H groups in total. The number of methoxy groups -OCH3 is 1. The summed E-state index contributed by atoms with van der Waals surface area (Å²) < 4.78 is 34.0. The maximum atomic E-state index is 14.3. The van der Waals surface area contributed by atoms with Gasteiger partial charge in [-0.25, -0.2) is 9.48 Å². The summed E-state index contributed by atoms with van der Waals surface area (Å²) in [6, 6.07) is 10.1. The number of hydrogen-bond donors (Lipinski definition) is 1. The number of benzene rings is 2. The molecular formula is C23H21Cl3F2N3O3P. The molecule has 0 aliphatic heterocycles. The summed E-state index contributed by atoms with van der Waals surface area (Å²) in [6.45, 7) is 2.69. The van der Waals surface area contributed by atoms with Gasteiger partial charge in [-0.05, 0) is 48.1 Å². The molecule has 12 heteroatoms. The van der Waals surface area contributed by atoms with Gasteiger partial charge >= 0.3 is 5.97 Å². The van der Waals surface area contributed by atoms with E-state index in [0.29, 0.717) is 6.92 Å². The highest BCUT2D eigenvalue weighted by Gasteiger charge is 2.33. The summed E-state index contributed by atoms with van der Waals surface area (Å²) in [5.41, 5.74) is 0.528. The minimum Gasteiger partial charge on any atom is -0.465 e. The van der Waals surface area contributed by atoms with Crippen molar-refractivity contribution < 1.29 is 23.5 Å². The summed E-state index contributed by atoms with van der Waals surface area (Å²) in [6.07, 6.45) is 2.99. The molecule has 0 amide bonds. The molecule has 0 fully saturated rings. The number of oxime groups is 1. The first-order valence-electron chi connectivity index (χ1n) is 9.79. The molecule has 3 aromatic rings. The summed E-state index contributed by atoms with van der Waals surface area (Å²) in [7, 11) is 3.74. The Morgan fingerprint density at radius 3 is 2.34 bits per heavy atom. The van der Waals surface area contributed by atoms with Crippen LogP contribution in [0.25, 0.3) is 11.8 Å². The molecule has 3 rings (SSSR count). The average molecular weight is 563 g/mol. The Kier molecular flexibility index (Phi) is 10.2. The van der Waals surface area contributed by atoms with Crippen LogP contribution in [0.1, 0.15) is 23.7 Å². The van der Waals surface area contributed by atoms with E-state index in [9.17, 15) is 13.6 Å². The SMILES string of the molecule is COC(=O)C(/C=N\O)=C\c1cnn(-c2cc(Cl)cc(Cl)c2)c1C(C)(F)F.Cc1c(P)cccc1Cl. The van der Waals surface area contributed by atoms with Crippen LogP contribution in [0.3, 0.4) is 0 Å². The Labute approximate surface area is 218 Å². The molecular weight excluding hydrogens is 542 g/mol. The van der Waals surface area contributed by atoms with Gasteiger partial charge in [0.25, 0.3) is 5.92 Å². The smallest absolute Gasteiger partial charge is 0.339 e. The Morgan fingerprint density at radius 2 is 1.86 bits per heavy atom. The van der Waals surface area contributed by atoms with Crippen LogP contribution < -0.4 is 5.30 Å². The zero-order valence-corrected chi connectivity index (χ0v) is 22.2. The van der Waals surface area contributed by atoms with Gasteiger partial charge in [0, 0.05) is 27.6 Å². The molecule has 186 valence electrons. The number of carbonyl (C=O) groups excluding carboxylic acids is 1. The summed E-state index contributed by atoms with van der Waals surface area (Å²) in [5.74, 6) is -4.19. The lowest BCUT2D eigenvalue weighted by Gasteiger charge is -2.15. The standard InChI is InChI=1S/C16H13Cl2F2N3O3.C7H8ClP/c1-16(19,20)14-9(3-10(8-22-25)15(24)26-2)7-21-23(14)13-5-11(17)4-12(18)6-13;1-5-6(8)3-2-4-7(5)9/h3-8,25H,1-2H3;2-4H,9H2,1H3/b10-3-,22-8-;. The zero-order valence-electron chi connectivity index (χ0n) is 18.8. The Bertz CT molecular complexity index is 1230. The van der Waals surface area contributed by atoms with Crippen molar-refractivity contribution in [3.05, 3.63) is 80.1 Å². The van der Waals surface area contributed by atoms with Crippen molar-refractivity contribution in [3.8, 4) is 5.69 Å². The third-order valence-corrected chi connectivity index (χ3v) is 6.02. The lowest BCUT2D eigenvalue weighted by atomic mass is 10.1. The predicted molar refractivity (Wildman–Crippen MR) is 139 cm³/mol. The largest absolute Gasteiger partial charge is 0.465 e. The second-order valence-corrected chi connectivity index (χ2v) is 9.07. The molecule has 35 heavy (non-hydrogen) atoms. The van der Waals surface area contributed by atoms with Crippen LogP contribution in [0, 0.1) is 6.92 Å². The van der Waals surface area contributed by atoms with E-state index in [-0.39, 0.29) is 26.9 Å². The van der Waals surface area contributed by atoms with Crippen LogP contribution >= 0.6 is 44.0 Å². The molecule has 0 saturated carbocycles. The molecule has 1 heterocycles. The van der Waals surface area contributed by atoms with Crippen molar-refractivity contribution in [1.82, 2.24) is 9.78 Å². The molecule has 1 atom stereocenters. The predicted octanol–water partition coefficient (Wildman–Crippen LogP) is 6.46. The molecule has 0 aliphatic rings. The average Bonchev–Trinajstić information content (AvgIpc) is 3.21. The first kappa shape index (κ1) is 28.7. The van der Waals surface area contributed by atoms with Crippen molar-refractivity contribution in [2.24, 2.45) is 5.16 Å². The monoisotopic (exact) mass is 561 g/mol. The number of halogens is 5. The van der Waals surface area contributed by atoms with Crippen LogP contribution in [0.15, 0.2) is 53.3 Å². The van der Waals surface area contributed by atoms with Crippen molar-refractivity contribution in [3.63, 3.8) is 0 Å². The van der Waals surface area contributed by atoms with Crippen molar-refractivity contribution in [2.75, 3.05) is 7.11 Å². The zero-order chi connectivity index (χ0) is 26.3. The van der Waals surface area contributed by atoms with Gasteiger partial charge in [0.15, 0.2) is 0 Å². The van der Waals surface area contributed by atoms with E-state index in [1.807, 2.05) is 25.1 Å². The lowest BCUT2D eigenvalue weighted by molar-refractivity contribution is -0.135. The third kappa shape index (κ3) is 7.74. The number of nitrogens with zero attached hydrogens (tertiary/aromatic N) is 3. The van der Waals surface area contributed by atoms with Crippen molar-refractivity contribution >= 4 is 67.6 Å². The number of hydrogen-bond acceptors (Lipinski definition) is 5. The van der Waals surface area contributed by atoms with E-state index in [1.54, 1.807) is 0 Å². The van der Waals surface area contributed by atoms with Crippen LogP contribution in [0.2, 0.25) is 15.1 Å². The molecule has 1 unspecified atom stereocenters. The topological polar surface area (TPSA) is 76.7 Å². The summed E-state index contributed by atoms with van der Waals surface area (Å²) >= 11 is 17.7. The number of esters is 1. The quantitative estimate of drug-likeness (QED) is 0.0968. The van der Waals surface area contributed by atoms with E-state index in [2.05, 4.69) is 24.2 Å². The van der Waals surface area contributed by atoms with E-state index in [0.717, 1.165) is 40.9 Å². The molecule has 0 bridgehead atoms. The van der Waals surface area contributed by atoms with Gasteiger partial charge in [-0.2, -0.15) is 13.9 Å². The lowest BCUT2D eigenvalue weighted by Crippen LogP contribution is -2.16. The molecule has 0 spiro atoms. The van der Waals surface area contributed by atoms with Crippen LogP contribution in [0.4, 0.5) is 8.78 Å². The summed E-state index contributed by atoms with van der Waals surface area (Å²) in [4.78, 5) is 11.7. The fourth-order valence-electron chi connectivity index (χ4n) is 2.88. The van der Waals surface area contributed by atoms with Gasteiger partial charge in [0.05, 0.1) is 30.8 Å². The van der Waals surface area contributed by atoms with Crippen LogP contribution in [0.5, 0.6) is 0 Å². The number of ether oxygens (including phenoxy) is 1. The van der Waals surface area contributed by atoms with E-state index in [1.165, 1.54) is 23.5 Å². The molecule has 0 radical (unpaired) electrons. The van der Waals surface area contributed by atoms with Crippen LogP contribution in [-0.2, 0) is 15.5 Å². The maximum absolute atomic E-state index is 14.3. The molecule has 0 saturated heterocycles. The number of rotatable bonds is 5. The van der Waals surface area contributed by atoms with Crippen molar-refractivity contribution in [1.29, 1.82) is 0 Å². The number of carbonyl (C=O) groups is 1. The molecule has 2 aromatic carbocycles. The second kappa shape index (κ2) is 12.5. The number of alkyl halides is 2. The van der Waals surface area contributed by atoms with E-state index >= 15 is 0 Å². The minimum atomic E-state index is -3.32. The van der Waals surface area contributed by atoms with E-state index in [4.69, 9.17) is 40.0 Å². The highest BCUT2D eigenvalue weighted by molar-refractivity contribution is 7.27. The molecule has 6 nitrogen and oxygen atoms in total. The van der Waals surface area contributed by atoms with E-state index < -0.39 is 17.6 Å². The third-order valence-electron chi connectivity index (χ3n) is 4.54. The highest BCUT2D eigenvalue weighted by atomic mass is 35.5. The highest BCUT2D eigenvalue weighted by Crippen LogP contribution is 2.34. The van der Waals surface area contributed by atoms with Gasteiger partial charge in [0.2, 0.25) is 0 Å². The Hall–Kier alpha value is -2.51. The number of aromatic nitrogens is 2. The normalized spacial score (nSPS) is 11.9. The second-order valence-electron chi connectivity index (χ2n) is 7.17. The van der Waals surface area contributed by atoms with Gasteiger partial charge in [-0.3, -0.25) is 0 Å². The van der Waals surface area contributed by atoms with Crippen LogP contribution in [-0.4, -0.2) is 34.3 Å². The summed E-state index contributed by atoms with van der Waals surface area (Å²) in [5, 5.41) is 17.8. The molecule has 1 aromatic heterocycles. The Balaban J connectivity index is 0.000000402. The van der Waals surface area contributed by atoms with Gasteiger partial charge in [0.1, 0.15) is 5.69 Å².